The van der Waals surface area contributed by atoms with E-state index in [0.717, 1.165) is 12.1 Å². The number of carbonyl (C=O) groups excluding carboxylic acids is 2. The number of para-hydroxylation sites is 1. The summed E-state index contributed by atoms with van der Waals surface area (Å²) in [5.41, 5.74) is -4.74. The number of benzene rings is 1. The summed E-state index contributed by atoms with van der Waals surface area (Å²) in [6.07, 6.45) is -5.58. The predicted molar refractivity (Wildman–Crippen MR) is 67.7 cm³/mol. The van der Waals surface area contributed by atoms with Crippen molar-refractivity contribution in [2.75, 3.05) is 12.4 Å². The number of carbonyl (C=O) groups is 2. The maximum Gasteiger partial charge on any atom is 0.430 e. The molecule has 0 heterocycles. The van der Waals surface area contributed by atoms with E-state index in [4.69, 9.17) is 11.6 Å². The number of esters is 1. The highest BCUT2D eigenvalue weighted by Crippen LogP contribution is 2.37. The Balaban J connectivity index is 3.10. The van der Waals surface area contributed by atoms with E-state index >= 15 is 0 Å². The van der Waals surface area contributed by atoms with Crippen LogP contribution >= 0.6 is 11.6 Å². The van der Waals surface area contributed by atoms with E-state index in [9.17, 15) is 32.3 Å². The molecule has 10 heteroatoms. The van der Waals surface area contributed by atoms with Gasteiger partial charge in [-0.1, -0.05) is 12.1 Å². The predicted octanol–water partition coefficient (Wildman–Crippen LogP) is 1.84. The lowest BCUT2D eigenvalue weighted by Crippen LogP contribution is -2.62. The fraction of sp³-hybridized carbons (Fsp3) is 0.333. The van der Waals surface area contributed by atoms with Crippen LogP contribution in [0.5, 0.6) is 0 Å². The zero-order chi connectivity index (χ0) is 17.1. The molecule has 5 nitrogen and oxygen atoms in total. The van der Waals surface area contributed by atoms with Crippen molar-refractivity contribution in [1.29, 1.82) is 0 Å². The van der Waals surface area contributed by atoms with Crippen LogP contribution < -0.4 is 5.32 Å². The fourth-order valence-electron chi connectivity index (χ4n) is 1.47. The molecule has 122 valence electrons. The smallest absolute Gasteiger partial charge is 0.430 e. The van der Waals surface area contributed by atoms with Gasteiger partial charge >= 0.3 is 12.1 Å². The van der Waals surface area contributed by atoms with Gasteiger partial charge in [-0.15, -0.1) is 11.6 Å². The second-order valence-electron chi connectivity index (χ2n) is 4.09. The first-order chi connectivity index (χ1) is 10.1. The third kappa shape index (κ3) is 3.30. The van der Waals surface area contributed by atoms with E-state index in [2.05, 4.69) is 4.74 Å². The number of nitrogens with one attached hydrogen (secondary N) is 1. The first-order valence-corrected chi connectivity index (χ1v) is 6.06. The molecule has 0 fully saturated rings. The lowest BCUT2D eigenvalue weighted by Gasteiger charge is -2.30. The topological polar surface area (TPSA) is 75.6 Å². The summed E-state index contributed by atoms with van der Waals surface area (Å²) >= 11 is 5.29. The largest absolute Gasteiger partial charge is 0.467 e. The molecule has 0 unspecified atom stereocenters. The highest BCUT2D eigenvalue weighted by atomic mass is 35.5. The molecule has 0 aromatic heterocycles. The van der Waals surface area contributed by atoms with Crippen LogP contribution in [0.2, 0.25) is 0 Å². The molecule has 22 heavy (non-hydrogen) atoms. The van der Waals surface area contributed by atoms with Crippen molar-refractivity contribution >= 4 is 29.2 Å². The van der Waals surface area contributed by atoms with Gasteiger partial charge in [0.1, 0.15) is 5.82 Å². The van der Waals surface area contributed by atoms with Gasteiger partial charge in [-0.25, -0.2) is 9.18 Å². The molecule has 0 bridgehead atoms. The molecule has 1 aromatic rings. The second kappa shape index (κ2) is 6.49. The molecule has 0 spiro atoms. The molecule has 1 aromatic carbocycles. The van der Waals surface area contributed by atoms with Crippen LogP contribution in [0.1, 0.15) is 0 Å². The number of amides is 1. The lowest BCUT2D eigenvalue weighted by atomic mass is 9.98. The highest BCUT2D eigenvalue weighted by molar-refractivity contribution is 6.35. The van der Waals surface area contributed by atoms with Gasteiger partial charge in [0.15, 0.2) is 5.38 Å². The summed E-state index contributed by atoms with van der Waals surface area (Å²) in [5, 5.41) is 8.48. The average Bonchev–Trinajstić information content (AvgIpc) is 2.45. The molecule has 2 N–H and O–H groups in total. The number of aliphatic hydroxyl groups is 1. The maximum atomic E-state index is 13.3. The number of ether oxygens (including phenoxy) is 1. The molecule has 0 aliphatic carbocycles. The molecule has 0 aliphatic heterocycles. The Labute approximate surface area is 126 Å². The molecular weight excluding hydrogens is 334 g/mol. The van der Waals surface area contributed by atoms with E-state index < -0.39 is 40.5 Å². The van der Waals surface area contributed by atoms with Gasteiger partial charge in [-0.05, 0) is 12.1 Å². The summed E-state index contributed by atoms with van der Waals surface area (Å²) in [7, 11) is 0.581. The van der Waals surface area contributed by atoms with Crippen molar-refractivity contribution in [2.24, 2.45) is 0 Å². The lowest BCUT2D eigenvalue weighted by molar-refractivity contribution is -0.260. The standard InChI is InChI=1S/C12H10ClF4NO4/c1-22-10(20)11(21,12(15,16)17)8(13)9(19)18-7-5-3-2-4-6(7)14/h2-5,8,21H,1H3,(H,18,19)/t8-,11-/m0/s1. The van der Waals surface area contributed by atoms with Gasteiger partial charge in [0, 0.05) is 0 Å². The van der Waals surface area contributed by atoms with Crippen molar-refractivity contribution in [1.82, 2.24) is 0 Å². The van der Waals surface area contributed by atoms with Crippen LogP contribution in [-0.2, 0) is 14.3 Å². The van der Waals surface area contributed by atoms with Gasteiger partial charge in [0.25, 0.3) is 5.60 Å². The van der Waals surface area contributed by atoms with Crippen LogP contribution in [0, 0.1) is 5.82 Å². The molecule has 0 aliphatic rings. The SMILES string of the molecule is COC(=O)[C@@](O)([C@@H](Cl)C(=O)Nc1ccccc1F)C(F)(F)F. The van der Waals surface area contributed by atoms with E-state index in [1.54, 1.807) is 5.32 Å². The highest BCUT2D eigenvalue weighted by Gasteiger charge is 2.67. The first kappa shape index (κ1) is 18.2. The third-order valence-electron chi connectivity index (χ3n) is 2.66. The number of rotatable bonds is 4. The van der Waals surface area contributed by atoms with E-state index in [-0.39, 0.29) is 0 Å². The normalized spacial score (nSPS) is 15.6. The Morgan fingerprint density at radius 1 is 1.32 bits per heavy atom. The van der Waals surface area contributed by atoms with Crippen molar-refractivity contribution < 1.29 is 37.0 Å². The summed E-state index contributed by atoms with van der Waals surface area (Å²) < 4.78 is 55.8. The average molecular weight is 344 g/mol. The van der Waals surface area contributed by atoms with E-state index in [1.807, 2.05) is 0 Å². The number of halogens is 5. The summed E-state index contributed by atoms with van der Waals surface area (Å²) in [4.78, 5) is 22.9. The quantitative estimate of drug-likeness (QED) is 0.497. The number of anilines is 1. The van der Waals surface area contributed by atoms with Crippen molar-refractivity contribution in [2.45, 2.75) is 17.2 Å². The van der Waals surface area contributed by atoms with Crippen LogP contribution in [-0.4, -0.2) is 41.2 Å². The Morgan fingerprint density at radius 3 is 2.32 bits per heavy atom. The maximum absolute atomic E-state index is 13.3. The summed E-state index contributed by atoms with van der Waals surface area (Å²) in [5.74, 6) is -4.73. The number of hydrogen-bond acceptors (Lipinski definition) is 4. The number of methoxy groups -OCH3 is 1. The van der Waals surface area contributed by atoms with Crippen LogP contribution in [0.4, 0.5) is 23.2 Å². The molecule has 2 atom stereocenters. The molecule has 0 saturated heterocycles. The second-order valence-corrected chi connectivity index (χ2v) is 4.52. The number of alkyl halides is 4. The Hall–Kier alpha value is -1.87. The Bertz CT molecular complexity index is 580. The Morgan fingerprint density at radius 2 is 1.86 bits per heavy atom. The van der Waals surface area contributed by atoms with Gasteiger partial charge in [-0.3, -0.25) is 4.79 Å². The number of hydrogen-bond donors (Lipinski definition) is 2. The van der Waals surface area contributed by atoms with E-state index in [1.165, 1.54) is 12.1 Å². The monoisotopic (exact) mass is 343 g/mol. The third-order valence-corrected chi connectivity index (χ3v) is 3.17. The molecular formula is C12H10ClF4NO4. The van der Waals surface area contributed by atoms with Crippen molar-refractivity contribution in [3.05, 3.63) is 30.1 Å². The summed E-state index contributed by atoms with van der Waals surface area (Å²) in [6.45, 7) is 0. The molecule has 1 amide bonds. The fourth-order valence-corrected chi connectivity index (χ4v) is 1.73. The van der Waals surface area contributed by atoms with Gasteiger partial charge in [0.2, 0.25) is 5.91 Å². The van der Waals surface area contributed by atoms with Crippen molar-refractivity contribution in [3.63, 3.8) is 0 Å². The molecule has 0 radical (unpaired) electrons. The molecule has 0 saturated carbocycles. The minimum Gasteiger partial charge on any atom is -0.467 e. The minimum absolute atomic E-state index is 0.465. The minimum atomic E-state index is -5.58. The van der Waals surface area contributed by atoms with Crippen LogP contribution in [0.15, 0.2) is 24.3 Å². The molecule has 1 rings (SSSR count). The van der Waals surface area contributed by atoms with Crippen LogP contribution in [0.25, 0.3) is 0 Å². The van der Waals surface area contributed by atoms with Crippen LogP contribution in [0.3, 0.4) is 0 Å². The first-order valence-electron chi connectivity index (χ1n) is 5.62. The zero-order valence-electron chi connectivity index (χ0n) is 10.9. The van der Waals surface area contributed by atoms with Gasteiger partial charge in [-0.2, -0.15) is 13.2 Å². The van der Waals surface area contributed by atoms with Gasteiger partial charge in [0.05, 0.1) is 12.8 Å². The van der Waals surface area contributed by atoms with Gasteiger partial charge < -0.3 is 15.2 Å². The summed E-state index contributed by atoms with van der Waals surface area (Å²) in [6, 6.07) is 4.58. The Kier molecular flexibility index (Phi) is 5.36. The van der Waals surface area contributed by atoms with E-state index in [0.29, 0.717) is 7.11 Å². The van der Waals surface area contributed by atoms with Crippen molar-refractivity contribution in [3.8, 4) is 0 Å². The zero-order valence-corrected chi connectivity index (χ0v) is 11.7.